The largest absolute Gasteiger partial charge is 0.462 e. The van der Waals surface area contributed by atoms with Crippen LogP contribution in [0.3, 0.4) is 0 Å². The van der Waals surface area contributed by atoms with Gasteiger partial charge in [0.25, 0.3) is 5.69 Å². The Morgan fingerprint density at radius 2 is 2.05 bits per heavy atom. The zero-order valence-electron chi connectivity index (χ0n) is 12.2. The van der Waals surface area contributed by atoms with E-state index in [1.54, 1.807) is 12.1 Å². The van der Waals surface area contributed by atoms with Gasteiger partial charge in [-0.15, -0.1) is 0 Å². The predicted octanol–water partition coefficient (Wildman–Crippen LogP) is 3.16. The van der Waals surface area contributed by atoms with E-state index in [1.807, 2.05) is 6.92 Å². The minimum Gasteiger partial charge on any atom is -0.462 e. The Bertz CT molecular complexity index is 513. The molecule has 0 amide bonds. The molecule has 1 saturated heterocycles. The van der Waals surface area contributed by atoms with Crippen LogP contribution in [0.2, 0.25) is 0 Å². The Morgan fingerprint density at radius 1 is 1.38 bits per heavy atom. The van der Waals surface area contributed by atoms with E-state index < -0.39 is 4.92 Å². The zero-order valence-corrected chi connectivity index (χ0v) is 12.2. The maximum atomic E-state index is 11.1. The number of non-ortho nitro benzene ring substituents is 1. The second-order valence-electron chi connectivity index (χ2n) is 5.21. The summed E-state index contributed by atoms with van der Waals surface area (Å²) >= 11 is 0. The molecule has 2 rings (SSSR count). The second kappa shape index (κ2) is 6.67. The van der Waals surface area contributed by atoms with Crippen molar-refractivity contribution in [2.75, 3.05) is 0 Å². The topological polar surface area (TPSA) is 78.7 Å². The van der Waals surface area contributed by atoms with Crippen LogP contribution in [-0.4, -0.2) is 23.1 Å². The molecule has 0 N–H and O–H groups in total. The molecule has 0 aromatic heterocycles. The van der Waals surface area contributed by atoms with Gasteiger partial charge in [0.15, 0.2) is 0 Å². The lowest BCUT2D eigenvalue weighted by Crippen LogP contribution is -2.33. The van der Waals surface area contributed by atoms with Gasteiger partial charge >= 0.3 is 5.97 Å². The lowest BCUT2D eigenvalue weighted by Gasteiger charge is -2.34. The van der Waals surface area contributed by atoms with E-state index in [0.717, 1.165) is 12.0 Å². The third-order valence-corrected chi connectivity index (χ3v) is 3.62. The molecule has 6 heteroatoms. The Kier molecular flexibility index (Phi) is 4.90. The van der Waals surface area contributed by atoms with Gasteiger partial charge < -0.3 is 9.47 Å². The molecule has 1 aliphatic heterocycles. The molecule has 0 spiro atoms. The summed E-state index contributed by atoms with van der Waals surface area (Å²) in [5, 5.41) is 10.7. The van der Waals surface area contributed by atoms with Crippen LogP contribution < -0.4 is 0 Å². The number of nitro benzene ring substituents is 1. The highest BCUT2D eigenvalue weighted by molar-refractivity contribution is 5.66. The van der Waals surface area contributed by atoms with Gasteiger partial charge in [-0.3, -0.25) is 14.9 Å². The van der Waals surface area contributed by atoms with Crippen molar-refractivity contribution in [1.82, 2.24) is 0 Å². The Hall–Kier alpha value is -1.95. The molecule has 0 radical (unpaired) electrons. The van der Waals surface area contributed by atoms with Crippen LogP contribution in [0.5, 0.6) is 0 Å². The van der Waals surface area contributed by atoms with Crippen LogP contribution >= 0.6 is 0 Å². The average Bonchev–Trinajstić information content (AvgIpc) is 2.46. The van der Waals surface area contributed by atoms with Crippen molar-refractivity contribution < 1.29 is 19.2 Å². The third kappa shape index (κ3) is 4.01. The van der Waals surface area contributed by atoms with Crippen LogP contribution in [0.4, 0.5) is 5.69 Å². The van der Waals surface area contributed by atoms with Crippen molar-refractivity contribution in [1.29, 1.82) is 0 Å². The summed E-state index contributed by atoms with van der Waals surface area (Å²) in [6.07, 6.45) is 1.77. The molecule has 1 heterocycles. The Labute approximate surface area is 123 Å². The molecule has 0 aliphatic carbocycles. The highest BCUT2D eigenvalue weighted by Gasteiger charge is 2.31. The lowest BCUT2D eigenvalue weighted by atomic mass is 9.95. The van der Waals surface area contributed by atoms with Crippen LogP contribution in [0.15, 0.2) is 24.3 Å². The van der Waals surface area contributed by atoms with Gasteiger partial charge in [0.05, 0.1) is 17.1 Å². The number of hydrogen-bond donors (Lipinski definition) is 0. The molecule has 1 aliphatic rings. The molecule has 21 heavy (non-hydrogen) atoms. The first-order valence-corrected chi connectivity index (χ1v) is 7.06. The summed E-state index contributed by atoms with van der Waals surface area (Å²) in [6.45, 7) is 3.42. The van der Waals surface area contributed by atoms with Gasteiger partial charge in [0, 0.05) is 31.9 Å². The Morgan fingerprint density at radius 3 is 2.57 bits per heavy atom. The van der Waals surface area contributed by atoms with Gasteiger partial charge in [0.1, 0.15) is 6.10 Å². The zero-order chi connectivity index (χ0) is 15.4. The fraction of sp³-hybridized carbons (Fsp3) is 0.533. The van der Waals surface area contributed by atoms with Crippen LogP contribution in [-0.2, 0) is 14.3 Å². The SMILES string of the molecule is CC[C@H]1C[C@@H](OC(C)=O)C[C@@H](c2ccc([N+](=O)[O-])cc2)O1. The van der Waals surface area contributed by atoms with E-state index in [0.29, 0.717) is 12.8 Å². The van der Waals surface area contributed by atoms with E-state index in [1.165, 1.54) is 19.1 Å². The highest BCUT2D eigenvalue weighted by atomic mass is 16.6. The number of nitro groups is 1. The smallest absolute Gasteiger partial charge is 0.302 e. The molecular weight excluding hydrogens is 274 g/mol. The van der Waals surface area contributed by atoms with E-state index in [2.05, 4.69) is 0 Å². The first kappa shape index (κ1) is 15.4. The number of benzene rings is 1. The van der Waals surface area contributed by atoms with Crippen LogP contribution in [0.1, 0.15) is 44.8 Å². The van der Waals surface area contributed by atoms with Crippen LogP contribution in [0.25, 0.3) is 0 Å². The van der Waals surface area contributed by atoms with Crippen molar-refractivity contribution in [3.05, 3.63) is 39.9 Å². The van der Waals surface area contributed by atoms with Gasteiger partial charge in [0.2, 0.25) is 0 Å². The molecule has 1 aromatic carbocycles. The predicted molar refractivity (Wildman–Crippen MR) is 75.8 cm³/mol. The summed E-state index contributed by atoms with van der Waals surface area (Å²) < 4.78 is 11.3. The fourth-order valence-corrected chi connectivity index (χ4v) is 2.59. The maximum Gasteiger partial charge on any atom is 0.302 e. The molecule has 114 valence electrons. The second-order valence-corrected chi connectivity index (χ2v) is 5.21. The van der Waals surface area contributed by atoms with E-state index >= 15 is 0 Å². The number of esters is 1. The van der Waals surface area contributed by atoms with Gasteiger partial charge in [-0.25, -0.2) is 0 Å². The summed E-state index contributed by atoms with van der Waals surface area (Å²) in [6, 6.07) is 6.33. The monoisotopic (exact) mass is 293 g/mol. The standard InChI is InChI=1S/C15H19NO5/c1-3-13-8-14(20-10(2)17)9-15(21-13)11-4-6-12(7-5-11)16(18)19/h4-7,13-15H,3,8-9H2,1-2H3/t13-,14+,15-/m0/s1. The van der Waals surface area contributed by atoms with Crippen molar-refractivity contribution in [2.45, 2.75) is 51.4 Å². The molecule has 0 unspecified atom stereocenters. The number of carbonyl (C=O) groups is 1. The third-order valence-electron chi connectivity index (χ3n) is 3.62. The fourth-order valence-electron chi connectivity index (χ4n) is 2.59. The molecule has 3 atom stereocenters. The minimum atomic E-state index is -0.429. The average molecular weight is 293 g/mol. The van der Waals surface area contributed by atoms with Crippen molar-refractivity contribution >= 4 is 11.7 Å². The summed E-state index contributed by atoms with van der Waals surface area (Å²) in [7, 11) is 0. The Balaban J connectivity index is 2.12. The molecule has 0 bridgehead atoms. The first-order valence-electron chi connectivity index (χ1n) is 7.06. The van der Waals surface area contributed by atoms with E-state index in [9.17, 15) is 14.9 Å². The van der Waals surface area contributed by atoms with E-state index in [4.69, 9.17) is 9.47 Å². The number of carbonyl (C=O) groups excluding carboxylic acids is 1. The summed E-state index contributed by atoms with van der Waals surface area (Å²) in [4.78, 5) is 21.4. The van der Waals surface area contributed by atoms with Gasteiger partial charge in [-0.05, 0) is 24.1 Å². The number of nitrogens with zero attached hydrogens (tertiary/aromatic N) is 1. The summed E-state index contributed by atoms with van der Waals surface area (Å²) in [5.41, 5.74) is 0.925. The molecular formula is C15H19NO5. The number of ether oxygens (including phenoxy) is 2. The molecule has 1 aromatic rings. The minimum absolute atomic E-state index is 0.0308. The van der Waals surface area contributed by atoms with Crippen molar-refractivity contribution in [3.63, 3.8) is 0 Å². The number of rotatable bonds is 4. The summed E-state index contributed by atoms with van der Waals surface area (Å²) in [5.74, 6) is -0.292. The van der Waals surface area contributed by atoms with Crippen molar-refractivity contribution in [3.8, 4) is 0 Å². The molecule has 6 nitrogen and oxygen atoms in total. The maximum absolute atomic E-state index is 11.1. The molecule has 0 saturated carbocycles. The van der Waals surface area contributed by atoms with Crippen molar-refractivity contribution in [2.24, 2.45) is 0 Å². The molecule has 1 fully saturated rings. The first-order chi connectivity index (χ1) is 9.99. The quantitative estimate of drug-likeness (QED) is 0.484. The normalized spacial score (nSPS) is 25.3. The van der Waals surface area contributed by atoms with Gasteiger partial charge in [-0.1, -0.05) is 6.92 Å². The highest BCUT2D eigenvalue weighted by Crippen LogP contribution is 2.34. The van der Waals surface area contributed by atoms with E-state index in [-0.39, 0.29) is 30.0 Å². The van der Waals surface area contributed by atoms with Gasteiger partial charge in [-0.2, -0.15) is 0 Å². The van der Waals surface area contributed by atoms with Crippen LogP contribution in [0, 0.1) is 10.1 Å². The lowest BCUT2D eigenvalue weighted by molar-refractivity contribution is -0.384. The number of hydrogen-bond acceptors (Lipinski definition) is 5.